The van der Waals surface area contributed by atoms with E-state index < -0.39 is 0 Å². The Balaban J connectivity index is 2.03. The van der Waals surface area contributed by atoms with Crippen LogP contribution in [0.15, 0.2) is 18.2 Å². The van der Waals surface area contributed by atoms with Crippen molar-refractivity contribution in [1.82, 2.24) is 10.3 Å². The number of nitrogens with zero attached hydrogens (tertiary/aromatic N) is 1. The Bertz CT molecular complexity index is 553. The normalized spacial score (nSPS) is 10.7. The summed E-state index contributed by atoms with van der Waals surface area (Å²) in [6.45, 7) is 3.61. The zero-order chi connectivity index (χ0) is 13.0. The van der Waals surface area contributed by atoms with Crippen LogP contribution in [-0.4, -0.2) is 30.6 Å². The van der Waals surface area contributed by atoms with E-state index in [0.717, 1.165) is 10.2 Å². The lowest BCUT2D eigenvalue weighted by Crippen LogP contribution is -2.27. The third kappa shape index (κ3) is 2.96. The molecule has 0 unspecified atom stereocenters. The lowest BCUT2D eigenvalue weighted by atomic mass is 10.2. The van der Waals surface area contributed by atoms with Crippen molar-refractivity contribution in [1.29, 1.82) is 0 Å². The van der Waals surface area contributed by atoms with E-state index in [-0.39, 0.29) is 5.91 Å². The van der Waals surface area contributed by atoms with E-state index in [1.165, 1.54) is 11.3 Å². The van der Waals surface area contributed by atoms with E-state index in [4.69, 9.17) is 10.5 Å². The summed E-state index contributed by atoms with van der Waals surface area (Å²) in [6, 6.07) is 5.36. The molecule has 1 aromatic carbocycles. The molecule has 1 heterocycles. The van der Waals surface area contributed by atoms with Crippen molar-refractivity contribution in [3.8, 4) is 0 Å². The van der Waals surface area contributed by atoms with Crippen molar-refractivity contribution in [3.05, 3.63) is 23.8 Å². The van der Waals surface area contributed by atoms with Crippen LogP contribution in [0.5, 0.6) is 0 Å². The molecule has 2 rings (SSSR count). The predicted octanol–water partition coefficient (Wildman–Crippen LogP) is 1.64. The van der Waals surface area contributed by atoms with E-state index in [1.54, 1.807) is 18.2 Å². The molecule has 18 heavy (non-hydrogen) atoms. The minimum absolute atomic E-state index is 0.108. The Kier molecular flexibility index (Phi) is 4.11. The van der Waals surface area contributed by atoms with Crippen LogP contribution in [-0.2, 0) is 4.74 Å². The van der Waals surface area contributed by atoms with Gasteiger partial charge in [-0.2, -0.15) is 0 Å². The maximum Gasteiger partial charge on any atom is 0.251 e. The summed E-state index contributed by atoms with van der Waals surface area (Å²) in [5, 5.41) is 3.31. The second kappa shape index (κ2) is 5.79. The van der Waals surface area contributed by atoms with Gasteiger partial charge in [0, 0.05) is 18.7 Å². The summed E-state index contributed by atoms with van der Waals surface area (Å²) in [5.41, 5.74) is 7.06. The average molecular weight is 265 g/mol. The number of carbonyl (C=O) groups is 1. The molecule has 0 aliphatic rings. The van der Waals surface area contributed by atoms with Crippen LogP contribution in [0.3, 0.4) is 0 Å². The van der Waals surface area contributed by atoms with Gasteiger partial charge >= 0.3 is 0 Å². The first kappa shape index (κ1) is 12.8. The van der Waals surface area contributed by atoms with Crippen molar-refractivity contribution >= 4 is 32.6 Å². The molecule has 0 aliphatic heterocycles. The lowest BCUT2D eigenvalue weighted by molar-refractivity contribution is 0.0923. The second-order valence-electron chi connectivity index (χ2n) is 3.69. The van der Waals surface area contributed by atoms with Gasteiger partial charge in [0.2, 0.25) is 0 Å². The minimum Gasteiger partial charge on any atom is -0.380 e. The van der Waals surface area contributed by atoms with Crippen LogP contribution in [0.1, 0.15) is 17.3 Å². The van der Waals surface area contributed by atoms with Crippen LogP contribution in [0, 0.1) is 0 Å². The van der Waals surface area contributed by atoms with E-state index in [0.29, 0.717) is 30.5 Å². The summed E-state index contributed by atoms with van der Waals surface area (Å²) in [6.07, 6.45) is 0. The number of nitrogens with one attached hydrogen (secondary N) is 1. The molecule has 0 aliphatic carbocycles. The minimum atomic E-state index is -0.108. The number of rotatable bonds is 5. The van der Waals surface area contributed by atoms with Crippen molar-refractivity contribution in [2.45, 2.75) is 6.92 Å². The second-order valence-corrected chi connectivity index (χ2v) is 4.75. The van der Waals surface area contributed by atoms with Crippen LogP contribution in [0.25, 0.3) is 10.2 Å². The molecule has 0 bridgehead atoms. The molecule has 0 radical (unpaired) electrons. The Morgan fingerprint density at radius 1 is 1.56 bits per heavy atom. The first-order valence-electron chi connectivity index (χ1n) is 5.72. The number of nitrogen functional groups attached to an aromatic ring is 1. The number of aromatic nitrogens is 1. The summed E-state index contributed by atoms with van der Waals surface area (Å²) in [7, 11) is 0. The molecule has 5 nitrogen and oxygen atoms in total. The lowest BCUT2D eigenvalue weighted by Gasteiger charge is -2.05. The molecule has 1 aromatic heterocycles. The van der Waals surface area contributed by atoms with E-state index in [9.17, 15) is 4.79 Å². The van der Waals surface area contributed by atoms with Crippen molar-refractivity contribution in [2.75, 3.05) is 25.5 Å². The van der Waals surface area contributed by atoms with E-state index in [1.807, 2.05) is 6.92 Å². The fourth-order valence-corrected chi connectivity index (χ4v) is 2.34. The Labute approximate surface area is 109 Å². The number of anilines is 1. The van der Waals surface area contributed by atoms with Gasteiger partial charge in [0.05, 0.1) is 16.8 Å². The van der Waals surface area contributed by atoms with Gasteiger partial charge < -0.3 is 15.8 Å². The molecule has 3 N–H and O–H groups in total. The number of hydrogen-bond donors (Lipinski definition) is 2. The van der Waals surface area contributed by atoms with Crippen molar-refractivity contribution in [2.24, 2.45) is 0 Å². The average Bonchev–Trinajstić information content (AvgIpc) is 2.73. The number of ether oxygens (including phenoxy) is 1. The fourth-order valence-electron chi connectivity index (χ4n) is 1.57. The first-order valence-corrected chi connectivity index (χ1v) is 6.54. The smallest absolute Gasteiger partial charge is 0.251 e. The topological polar surface area (TPSA) is 77.2 Å². The van der Waals surface area contributed by atoms with Gasteiger partial charge in [-0.3, -0.25) is 4.79 Å². The zero-order valence-electron chi connectivity index (χ0n) is 10.1. The third-order valence-corrected chi connectivity index (χ3v) is 3.25. The van der Waals surface area contributed by atoms with Gasteiger partial charge in [0.25, 0.3) is 5.91 Å². The summed E-state index contributed by atoms with van der Waals surface area (Å²) < 4.78 is 6.08. The van der Waals surface area contributed by atoms with E-state index in [2.05, 4.69) is 10.3 Å². The molecule has 2 aromatic rings. The number of nitrogens with two attached hydrogens (primary N) is 1. The molecule has 96 valence electrons. The number of amides is 1. The quantitative estimate of drug-likeness (QED) is 0.806. The van der Waals surface area contributed by atoms with Crippen molar-refractivity contribution in [3.63, 3.8) is 0 Å². The Hall–Kier alpha value is -1.66. The maximum atomic E-state index is 11.8. The predicted molar refractivity (Wildman–Crippen MR) is 72.9 cm³/mol. The molecule has 1 amide bonds. The molecule has 6 heteroatoms. The van der Waals surface area contributed by atoms with Gasteiger partial charge in [-0.25, -0.2) is 4.98 Å². The highest BCUT2D eigenvalue weighted by molar-refractivity contribution is 7.22. The highest BCUT2D eigenvalue weighted by Gasteiger charge is 2.08. The van der Waals surface area contributed by atoms with Gasteiger partial charge in [-0.05, 0) is 25.1 Å². The number of hydrogen-bond acceptors (Lipinski definition) is 5. The highest BCUT2D eigenvalue weighted by Crippen LogP contribution is 2.24. The molecule has 0 saturated carbocycles. The van der Waals surface area contributed by atoms with Crippen LogP contribution >= 0.6 is 11.3 Å². The van der Waals surface area contributed by atoms with Crippen LogP contribution in [0.2, 0.25) is 0 Å². The van der Waals surface area contributed by atoms with Crippen LogP contribution in [0.4, 0.5) is 5.13 Å². The largest absolute Gasteiger partial charge is 0.380 e. The number of carbonyl (C=O) groups excluding carboxylic acids is 1. The van der Waals surface area contributed by atoms with Crippen LogP contribution < -0.4 is 11.1 Å². The number of benzene rings is 1. The molecular weight excluding hydrogens is 250 g/mol. The first-order chi connectivity index (χ1) is 8.70. The third-order valence-electron chi connectivity index (χ3n) is 2.40. The fraction of sp³-hybridized carbons (Fsp3) is 0.333. The van der Waals surface area contributed by atoms with E-state index >= 15 is 0 Å². The van der Waals surface area contributed by atoms with Crippen molar-refractivity contribution < 1.29 is 9.53 Å². The van der Waals surface area contributed by atoms with Gasteiger partial charge in [-0.15, -0.1) is 0 Å². The summed E-state index contributed by atoms with van der Waals surface area (Å²) >= 11 is 1.38. The zero-order valence-corrected chi connectivity index (χ0v) is 10.9. The molecule has 0 fully saturated rings. The standard InChI is InChI=1S/C12H15N3O2S/c1-2-17-6-5-14-11(16)8-3-4-9-10(7-8)18-12(13)15-9/h3-4,7H,2,5-6H2,1H3,(H2,13,15)(H,14,16). The molecular formula is C12H15N3O2S. The van der Waals surface area contributed by atoms with Gasteiger partial charge in [0.15, 0.2) is 5.13 Å². The summed E-state index contributed by atoms with van der Waals surface area (Å²) in [4.78, 5) is 16.0. The highest BCUT2D eigenvalue weighted by atomic mass is 32.1. The maximum absolute atomic E-state index is 11.8. The SMILES string of the molecule is CCOCCNC(=O)c1ccc2nc(N)sc2c1. The summed E-state index contributed by atoms with van der Waals surface area (Å²) in [5.74, 6) is -0.108. The Morgan fingerprint density at radius 2 is 2.39 bits per heavy atom. The monoisotopic (exact) mass is 265 g/mol. The van der Waals surface area contributed by atoms with Gasteiger partial charge in [0.1, 0.15) is 0 Å². The molecule has 0 saturated heterocycles. The number of fused-ring (bicyclic) bond motifs is 1. The number of thiazole rings is 1. The van der Waals surface area contributed by atoms with Gasteiger partial charge in [-0.1, -0.05) is 11.3 Å². The molecule has 0 atom stereocenters. The Morgan fingerprint density at radius 3 is 3.17 bits per heavy atom. The molecule has 0 spiro atoms.